The first-order valence-corrected chi connectivity index (χ1v) is 12.5. The first-order chi connectivity index (χ1) is 17.3. The third kappa shape index (κ3) is 11.4. The Labute approximate surface area is 217 Å². The molecule has 1 aromatic rings. The number of amides is 3. The van der Waals surface area contributed by atoms with Gasteiger partial charge in [-0.1, -0.05) is 64.4 Å². The maximum Gasteiger partial charge on any atom is 0.326 e. The number of hydrogen-bond donors (Lipinski definition) is 6. The number of aliphatic carboxylic acids is 2. The molecule has 0 fully saturated rings. The smallest absolute Gasteiger partial charge is 0.326 e. The average molecular weight is 521 g/mol. The summed E-state index contributed by atoms with van der Waals surface area (Å²) in [6.45, 7) is 7.32. The Balaban J connectivity index is 2.98. The molecular weight excluding hydrogens is 480 g/mol. The molecule has 5 unspecified atom stereocenters. The second-order valence-electron chi connectivity index (χ2n) is 9.69. The number of carboxylic acid groups (broad SMARTS) is 2. The van der Waals surface area contributed by atoms with Crippen LogP contribution in [0.5, 0.6) is 0 Å². The molecule has 0 heterocycles. The Bertz CT molecular complexity index is 923. The van der Waals surface area contributed by atoms with E-state index in [4.69, 9.17) is 10.8 Å². The van der Waals surface area contributed by atoms with E-state index in [1.165, 1.54) is 0 Å². The van der Waals surface area contributed by atoms with E-state index in [1.54, 1.807) is 6.92 Å². The van der Waals surface area contributed by atoms with Crippen LogP contribution < -0.4 is 21.7 Å². The van der Waals surface area contributed by atoms with Crippen LogP contribution in [0.15, 0.2) is 30.3 Å². The van der Waals surface area contributed by atoms with Crippen molar-refractivity contribution < 1.29 is 34.2 Å². The molecule has 0 saturated carbocycles. The van der Waals surface area contributed by atoms with E-state index < -0.39 is 60.2 Å². The van der Waals surface area contributed by atoms with Crippen molar-refractivity contribution in [2.24, 2.45) is 17.6 Å². The molecule has 7 N–H and O–H groups in total. The molecule has 0 saturated heterocycles. The van der Waals surface area contributed by atoms with Crippen LogP contribution in [0.3, 0.4) is 0 Å². The number of carboxylic acids is 2. The molecule has 0 bridgehead atoms. The molecule has 1 rings (SSSR count). The molecule has 37 heavy (non-hydrogen) atoms. The van der Waals surface area contributed by atoms with E-state index in [1.807, 2.05) is 51.1 Å². The summed E-state index contributed by atoms with van der Waals surface area (Å²) in [6.07, 6.45) is 0.307. The van der Waals surface area contributed by atoms with Crippen molar-refractivity contribution in [3.63, 3.8) is 0 Å². The van der Waals surface area contributed by atoms with Crippen LogP contribution >= 0.6 is 0 Å². The second-order valence-corrected chi connectivity index (χ2v) is 9.69. The Kier molecular flexibility index (Phi) is 13.3. The summed E-state index contributed by atoms with van der Waals surface area (Å²) in [4.78, 5) is 61.3. The molecule has 0 aliphatic heterocycles. The van der Waals surface area contributed by atoms with E-state index in [2.05, 4.69) is 16.0 Å². The van der Waals surface area contributed by atoms with Crippen molar-refractivity contribution in [3.05, 3.63) is 35.9 Å². The van der Waals surface area contributed by atoms with Crippen LogP contribution in [-0.4, -0.2) is 64.0 Å². The average Bonchev–Trinajstić information content (AvgIpc) is 2.83. The summed E-state index contributed by atoms with van der Waals surface area (Å²) < 4.78 is 0. The number of hydrogen-bond acceptors (Lipinski definition) is 6. The molecule has 0 spiro atoms. The highest BCUT2D eigenvalue weighted by Crippen LogP contribution is 2.12. The minimum absolute atomic E-state index is 0.0331. The molecule has 0 aliphatic carbocycles. The lowest BCUT2D eigenvalue weighted by molar-refractivity contribution is -0.143. The number of carbonyl (C=O) groups excluding carboxylic acids is 3. The fourth-order valence-corrected chi connectivity index (χ4v) is 3.68. The number of rotatable bonds is 16. The van der Waals surface area contributed by atoms with Crippen LogP contribution in [-0.2, 0) is 30.4 Å². The second kappa shape index (κ2) is 15.6. The van der Waals surface area contributed by atoms with E-state index in [-0.39, 0.29) is 31.1 Å². The van der Waals surface area contributed by atoms with E-state index >= 15 is 0 Å². The number of carbonyl (C=O) groups is 5. The highest BCUT2D eigenvalue weighted by Gasteiger charge is 2.32. The molecule has 0 aliphatic rings. The van der Waals surface area contributed by atoms with Gasteiger partial charge in [0.15, 0.2) is 0 Å². The molecule has 5 atom stereocenters. The Morgan fingerprint density at radius 2 is 1.46 bits per heavy atom. The lowest BCUT2D eigenvalue weighted by Gasteiger charge is -2.28. The van der Waals surface area contributed by atoms with Gasteiger partial charge in [0.25, 0.3) is 0 Å². The summed E-state index contributed by atoms with van der Waals surface area (Å²) in [5.74, 6) is -4.71. The molecule has 11 nitrogen and oxygen atoms in total. The Hall–Kier alpha value is -3.47. The standard InChI is InChI=1S/C26H40N4O7/c1-5-16(4)22(30-23(33)18(27)14-17-9-7-6-8-10-17)25(35)29-20(13-15(2)3)24(34)28-19(26(36)37)11-12-21(31)32/h6-10,15-16,18-20,22H,5,11-14,27H2,1-4H3,(H,28,34)(H,29,35)(H,30,33)(H,31,32)(H,36,37). The van der Waals surface area contributed by atoms with Crippen LogP contribution in [0.1, 0.15) is 58.9 Å². The monoisotopic (exact) mass is 520 g/mol. The quantitative estimate of drug-likeness (QED) is 0.186. The van der Waals surface area contributed by atoms with Crippen molar-refractivity contribution >= 4 is 29.7 Å². The minimum atomic E-state index is -1.42. The highest BCUT2D eigenvalue weighted by molar-refractivity contribution is 5.94. The van der Waals surface area contributed by atoms with Gasteiger partial charge in [0.1, 0.15) is 18.1 Å². The highest BCUT2D eigenvalue weighted by atomic mass is 16.4. The topological polar surface area (TPSA) is 188 Å². The predicted octanol–water partition coefficient (Wildman–Crippen LogP) is 1.05. The van der Waals surface area contributed by atoms with Gasteiger partial charge in [-0.25, -0.2) is 4.79 Å². The third-order valence-electron chi connectivity index (χ3n) is 6.03. The Morgan fingerprint density at radius 3 is 1.97 bits per heavy atom. The maximum absolute atomic E-state index is 13.3. The zero-order valence-electron chi connectivity index (χ0n) is 21.9. The number of benzene rings is 1. The van der Waals surface area contributed by atoms with E-state index in [0.29, 0.717) is 6.42 Å². The largest absolute Gasteiger partial charge is 0.481 e. The van der Waals surface area contributed by atoms with Crippen LogP contribution in [0.4, 0.5) is 0 Å². The van der Waals surface area contributed by atoms with Gasteiger partial charge in [0, 0.05) is 6.42 Å². The lowest BCUT2D eigenvalue weighted by Crippen LogP contribution is -2.59. The van der Waals surface area contributed by atoms with Crippen LogP contribution in [0.2, 0.25) is 0 Å². The molecule has 0 aromatic heterocycles. The van der Waals surface area contributed by atoms with Gasteiger partial charge in [0.2, 0.25) is 17.7 Å². The van der Waals surface area contributed by atoms with Crippen LogP contribution in [0, 0.1) is 11.8 Å². The lowest BCUT2D eigenvalue weighted by atomic mass is 9.96. The van der Waals surface area contributed by atoms with Gasteiger partial charge in [0.05, 0.1) is 6.04 Å². The Morgan fingerprint density at radius 1 is 0.865 bits per heavy atom. The van der Waals surface area contributed by atoms with Gasteiger partial charge in [-0.05, 0) is 36.7 Å². The van der Waals surface area contributed by atoms with Gasteiger partial charge in [-0.2, -0.15) is 0 Å². The van der Waals surface area contributed by atoms with E-state index in [9.17, 15) is 29.1 Å². The molecule has 3 amide bonds. The summed E-state index contributed by atoms with van der Waals surface area (Å²) in [6, 6.07) is 4.87. The molecular formula is C26H40N4O7. The van der Waals surface area contributed by atoms with Crippen molar-refractivity contribution in [1.82, 2.24) is 16.0 Å². The number of nitrogens with two attached hydrogens (primary N) is 1. The summed E-state index contributed by atoms with van der Waals surface area (Å²) in [5.41, 5.74) is 6.96. The molecule has 206 valence electrons. The minimum Gasteiger partial charge on any atom is -0.481 e. The third-order valence-corrected chi connectivity index (χ3v) is 6.03. The van der Waals surface area contributed by atoms with Crippen molar-refractivity contribution in [2.45, 2.75) is 84.0 Å². The van der Waals surface area contributed by atoms with Gasteiger partial charge in [-0.3, -0.25) is 19.2 Å². The van der Waals surface area contributed by atoms with Gasteiger partial charge >= 0.3 is 11.9 Å². The zero-order valence-corrected chi connectivity index (χ0v) is 21.9. The maximum atomic E-state index is 13.3. The van der Waals surface area contributed by atoms with Crippen molar-refractivity contribution in [1.29, 1.82) is 0 Å². The first-order valence-electron chi connectivity index (χ1n) is 12.5. The summed E-state index contributed by atoms with van der Waals surface area (Å²) >= 11 is 0. The van der Waals surface area contributed by atoms with E-state index in [0.717, 1.165) is 5.56 Å². The fraction of sp³-hybridized carbons (Fsp3) is 0.577. The predicted molar refractivity (Wildman–Crippen MR) is 137 cm³/mol. The van der Waals surface area contributed by atoms with Crippen molar-refractivity contribution in [2.75, 3.05) is 0 Å². The summed E-state index contributed by atoms with van der Waals surface area (Å²) in [7, 11) is 0. The fourth-order valence-electron chi connectivity index (χ4n) is 3.68. The van der Waals surface area contributed by atoms with Crippen molar-refractivity contribution in [3.8, 4) is 0 Å². The van der Waals surface area contributed by atoms with Crippen LogP contribution in [0.25, 0.3) is 0 Å². The first kappa shape index (κ1) is 31.6. The summed E-state index contributed by atoms with van der Waals surface area (Å²) in [5, 5.41) is 25.9. The van der Waals surface area contributed by atoms with Gasteiger partial charge in [-0.15, -0.1) is 0 Å². The van der Waals surface area contributed by atoms with Gasteiger partial charge < -0.3 is 31.9 Å². The number of nitrogens with one attached hydrogen (secondary N) is 3. The molecule has 1 aromatic carbocycles. The molecule has 0 radical (unpaired) electrons. The zero-order chi connectivity index (χ0) is 28.1. The molecule has 11 heteroatoms. The SMILES string of the molecule is CCC(C)C(NC(=O)C(N)Cc1ccccc1)C(=O)NC(CC(C)C)C(=O)NC(CCC(=O)O)C(=O)O. The normalized spacial score (nSPS) is 15.1.